The van der Waals surface area contributed by atoms with Gasteiger partial charge >= 0.3 is 5.97 Å². The van der Waals surface area contributed by atoms with Crippen LogP contribution in [0.5, 0.6) is 0 Å². The number of carboxylic acid groups (broad SMARTS) is 1. The number of carbonyl (C=O) groups is 2. The molecule has 1 atom stereocenters. The average Bonchev–Trinajstić information content (AvgIpc) is 2.38. The van der Waals surface area contributed by atoms with Gasteiger partial charge in [0.2, 0.25) is 0 Å². The predicted octanol–water partition coefficient (Wildman–Crippen LogP) is 1.78. The molecule has 1 aliphatic heterocycles. The summed E-state index contributed by atoms with van der Waals surface area (Å²) in [6, 6.07) is 2.80. The van der Waals surface area contributed by atoms with Crippen LogP contribution in [-0.4, -0.2) is 39.5 Å². The topological polar surface area (TPSA) is 70.5 Å². The smallest absolute Gasteiger partial charge is 0.326 e. The van der Waals surface area contributed by atoms with E-state index in [0.717, 1.165) is 18.5 Å². The van der Waals surface area contributed by atoms with Crippen molar-refractivity contribution in [3.63, 3.8) is 0 Å². The number of hydrogen-bond acceptors (Lipinski definition) is 3. The van der Waals surface area contributed by atoms with Crippen molar-refractivity contribution in [3.05, 3.63) is 29.1 Å². The average molecular weight is 262 g/mol. The molecule has 1 unspecified atom stereocenters. The molecule has 0 radical (unpaired) electrons. The maximum Gasteiger partial charge on any atom is 0.326 e. The van der Waals surface area contributed by atoms with E-state index in [2.05, 4.69) is 4.98 Å². The van der Waals surface area contributed by atoms with E-state index >= 15 is 0 Å². The van der Waals surface area contributed by atoms with Crippen LogP contribution >= 0.6 is 0 Å². The SMILES string of the molecule is Cc1ccc(C(=O)N2CCCCC2C(=O)O)c(C)n1. The number of likely N-dealkylation sites (tertiary alicyclic amines) is 1. The van der Waals surface area contributed by atoms with Gasteiger partial charge in [-0.1, -0.05) is 0 Å². The van der Waals surface area contributed by atoms with Gasteiger partial charge in [-0.15, -0.1) is 0 Å². The lowest BCUT2D eigenvalue weighted by Gasteiger charge is -2.33. The fraction of sp³-hybridized carbons (Fsp3) is 0.500. The minimum atomic E-state index is -0.925. The van der Waals surface area contributed by atoms with E-state index in [-0.39, 0.29) is 5.91 Å². The Morgan fingerprint density at radius 2 is 2.05 bits per heavy atom. The highest BCUT2D eigenvalue weighted by Gasteiger charge is 2.33. The lowest BCUT2D eigenvalue weighted by molar-refractivity contribution is -0.143. The van der Waals surface area contributed by atoms with Crippen molar-refractivity contribution < 1.29 is 14.7 Å². The van der Waals surface area contributed by atoms with E-state index in [1.807, 2.05) is 6.92 Å². The number of nitrogens with zero attached hydrogens (tertiary/aromatic N) is 2. The molecule has 102 valence electrons. The largest absolute Gasteiger partial charge is 0.480 e. The van der Waals surface area contributed by atoms with Gasteiger partial charge in [0, 0.05) is 12.2 Å². The maximum absolute atomic E-state index is 12.5. The Morgan fingerprint density at radius 3 is 2.68 bits per heavy atom. The summed E-state index contributed by atoms with van der Waals surface area (Å²) in [4.78, 5) is 29.4. The van der Waals surface area contributed by atoms with Crippen LogP contribution in [0.2, 0.25) is 0 Å². The summed E-state index contributed by atoms with van der Waals surface area (Å²) in [6.07, 6.45) is 2.24. The summed E-state index contributed by atoms with van der Waals surface area (Å²) in [5.74, 6) is -1.15. The minimum absolute atomic E-state index is 0.225. The molecule has 1 aromatic heterocycles. The van der Waals surface area contributed by atoms with Crippen LogP contribution in [0, 0.1) is 13.8 Å². The lowest BCUT2D eigenvalue weighted by atomic mass is 10.0. The van der Waals surface area contributed by atoms with Crippen LogP contribution in [0.15, 0.2) is 12.1 Å². The van der Waals surface area contributed by atoms with Crippen LogP contribution in [-0.2, 0) is 4.79 Å². The van der Waals surface area contributed by atoms with Crippen molar-refractivity contribution in [1.29, 1.82) is 0 Å². The standard InChI is InChI=1S/C14H18N2O3/c1-9-6-7-11(10(2)15-9)13(17)16-8-4-3-5-12(16)14(18)19/h6-7,12H,3-5,8H2,1-2H3,(H,18,19). The Morgan fingerprint density at radius 1 is 1.32 bits per heavy atom. The van der Waals surface area contributed by atoms with Crippen LogP contribution in [0.4, 0.5) is 0 Å². The van der Waals surface area contributed by atoms with Crippen molar-refractivity contribution >= 4 is 11.9 Å². The first kappa shape index (κ1) is 13.5. The number of pyridine rings is 1. The first-order chi connectivity index (χ1) is 9.00. The van der Waals surface area contributed by atoms with Gasteiger partial charge in [-0.3, -0.25) is 9.78 Å². The summed E-state index contributed by atoms with van der Waals surface area (Å²) in [7, 11) is 0. The zero-order chi connectivity index (χ0) is 14.0. The molecule has 0 saturated carbocycles. The summed E-state index contributed by atoms with van der Waals surface area (Å²) in [6.45, 7) is 4.14. The van der Waals surface area contributed by atoms with Crippen LogP contribution in [0.25, 0.3) is 0 Å². The highest BCUT2D eigenvalue weighted by molar-refractivity contribution is 5.97. The van der Waals surface area contributed by atoms with Crippen LogP contribution in [0.3, 0.4) is 0 Å². The van der Waals surface area contributed by atoms with E-state index in [1.165, 1.54) is 4.90 Å². The Bertz CT molecular complexity index is 513. The van der Waals surface area contributed by atoms with Gasteiger partial charge < -0.3 is 10.0 Å². The molecule has 19 heavy (non-hydrogen) atoms. The Balaban J connectivity index is 2.28. The van der Waals surface area contributed by atoms with Gasteiger partial charge in [0.05, 0.1) is 11.3 Å². The monoisotopic (exact) mass is 262 g/mol. The van der Waals surface area contributed by atoms with Gasteiger partial charge in [0.15, 0.2) is 0 Å². The van der Waals surface area contributed by atoms with Crippen molar-refractivity contribution in [2.24, 2.45) is 0 Å². The zero-order valence-corrected chi connectivity index (χ0v) is 11.2. The third-order valence-corrected chi connectivity index (χ3v) is 3.50. The van der Waals surface area contributed by atoms with E-state index in [1.54, 1.807) is 19.1 Å². The third-order valence-electron chi connectivity index (χ3n) is 3.50. The molecule has 0 aliphatic carbocycles. The number of aliphatic carboxylic acids is 1. The number of hydrogen-bond donors (Lipinski definition) is 1. The molecular weight excluding hydrogens is 244 g/mol. The molecule has 1 N–H and O–H groups in total. The minimum Gasteiger partial charge on any atom is -0.480 e. The normalized spacial score (nSPS) is 19.3. The molecule has 1 fully saturated rings. The Kier molecular flexibility index (Phi) is 3.83. The zero-order valence-electron chi connectivity index (χ0n) is 11.2. The summed E-state index contributed by atoms with van der Waals surface area (Å²) < 4.78 is 0. The molecule has 5 nitrogen and oxygen atoms in total. The lowest BCUT2D eigenvalue weighted by Crippen LogP contribution is -2.48. The number of carbonyl (C=O) groups excluding carboxylic acids is 1. The molecule has 0 aromatic carbocycles. The molecule has 2 heterocycles. The van der Waals surface area contributed by atoms with Crippen molar-refractivity contribution in [1.82, 2.24) is 9.88 Å². The number of carboxylic acids is 1. The van der Waals surface area contributed by atoms with Gasteiger partial charge in [0.1, 0.15) is 6.04 Å². The fourth-order valence-corrected chi connectivity index (χ4v) is 2.50. The van der Waals surface area contributed by atoms with Gasteiger partial charge in [0.25, 0.3) is 5.91 Å². The molecule has 2 rings (SSSR count). The number of amides is 1. The number of piperidine rings is 1. The second-order valence-electron chi connectivity index (χ2n) is 4.93. The highest BCUT2D eigenvalue weighted by atomic mass is 16.4. The van der Waals surface area contributed by atoms with Crippen molar-refractivity contribution in [3.8, 4) is 0 Å². The Hall–Kier alpha value is -1.91. The molecule has 1 aliphatic rings. The molecule has 0 bridgehead atoms. The number of rotatable bonds is 2. The van der Waals surface area contributed by atoms with Crippen molar-refractivity contribution in [2.75, 3.05) is 6.54 Å². The first-order valence-electron chi connectivity index (χ1n) is 6.48. The molecule has 5 heteroatoms. The summed E-state index contributed by atoms with van der Waals surface area (Å²) in [5, 5.41) is 9.21. The number of aromatic nitrogens is 1. The van der Waals surface area contributed by atoms with Crippen LogP contribution < -0.4 is 0 Å². The Labute approximate surface area is 112 Å². The highest BCUT2D eigenvalue weighted by Crippen LogP contribution is 2.21. The summed E-state index contributed by atoms with van der Waals surface area (Å²) in [5.41, 5.74) is 2.00. The number of aryl methyl sites for hydroxylation is 2. The molecule has 1 amide bonds. The van der Waals surface area contributed by atoms with Crippen molar-refractivity contribution in [2.45, 2.75) is 39.2 Å². The second kappa shape index (κ2) is 5.38. The molecular formula is C14H18N2O3. The first-order valence-corrected chi connectivity index (χ1v) is 6.48. The van der Waals surface area contributed by atoms with E-state index in [0.29, 0.717) is 24.2 Å². The third kappa shape index (κ3) is 2.75. The van der Waals surface area contributed by atoms with E-state index in [9.17, 15) is 14.7 Å². The maximum atomic E-state index is 12.5. The quantitative estimate of drug-likeness (QED) is 0.882. The predicted molar refractivity (Wildman–Crippen MR) is 70.0 cm³/mol. The molecule has 1 aromatic rings. The van der Waals surface area contributed by atoms with E-state index < -0.39 is 12.0 Å². The van der Waals surface area contributed by atoms with Gasteiger partial charge in [-0.05, 0) is 45.2 Å². The van der Waals surface area contributed by atoms with E-state index in [4.69, 9.17) is 0 Å². The molecule has 1 saturated heterocycles. The summed E-state index contributed by atoms with van der Waals surface area (Å²) >= 11 is 0. The second-order valence-corrected chi connectivity index (χ2v) is 4.93. The van der Waals surface area contributed by atoms with Crippen LogP contribution in [0.1, 0.15) is 41.0 Å². The fourth-order valence-electron chi connectivity index (χ4n) is 2.50. The van der Waals surface area contributed by atoms with Gasteiger partial charge in [-0.25, -0.2) is 4.79 Å². The van der Waals surface area contributed by atoms with Gasteiger partial charge in [-0.2, -0.15) is 0 Å². The molecule has 0 spiro atoms.